The van der Waals surface area contributed by atoms with E-state index in [0.29, 0.717) is 6.04 Å². The fourth-order valence-corrected chi connectivity index (χ4v) is 4.16. The number of nitrogens with zero attached hydrogens (tertiary/aromatic N) is 1. The van der Waals surface area contributed by atoms with E-state index < -0.39 is 0 Å². The first kappa shape index (κ1) is 10.7. The summed E-state index contributed by atoms with van der Waals surface area (Å²) in [5, 5.41) is 6.95. The van der Waals surface area contributed by atoms with Crippen LogP contribution in [0.2, 0.25) is 0 Å². The minimum atomic E-state index is 0.430. The quantitative estimate of drug-likeness (QED) is 0.868. The van der Waals surface area contributed by atoms with Crippen LogP contribution < -0.4 is 5.32 Å². The van der Waals surface area contributed by atoms with Gasteiger partial charge >= 0.3 is 0 Å². The molecule has 1 aromatic rings. The molecule has 4 atom stereocenters. The maximum absolute atomic E-state index is 4.37. The van der Waals surface area contributed by atoms with Crippen molar-refractivity contribution in [2.75, 3.05) is 6.54 Å². The molecule has 1 aromatic heterocycles. The molecule has 2 bridgehead atoms. The number of rotatable bonds is 4. The first-order valence-electron chi connectivity index (χ1n) is 6.45. The topological polar surface area (TPSA) is 24.9 Å². The third-order valence-electron chi connectivity index (χ3n) is 4.39. The number of aromatic nitrogens is 1. The first-order chi connectivity index (χ1) is 7.83. The highest BCUT2D eigenvalue weighted by molar-refractivity contribution is 7.09. The Morgan fingerprint density at radius 1 is 1.50 bits per heavy atom. The van der Waals surface area contributed by atoms with Crippen molar-refractivity contribution in [3.63, 3.8) is 0 Å². The molecule has 0 saturated heterocycles. The molecule has 3 rings (SSSR count). The fraction of sp³-hybridized carbons (Fsp3) is 0.769. The Bertz CT molecular complexity index is 336. The van der Waals surface area contributed by atoms with Gasteiger partial charge in [0.1, 0.15) is 5.01 Å². The Morgan fingerprint density at radius 2 is 2.44 bits per heavy atom. The van der Waals surface area contributed by atoms with E-state index in [9.17, 15) is 0 Å². The van der Waals surface area contributed by atoms with Gasteiger partial charge in [-0.1, -0.05) is 6.42 Å². The number of fused-ring (bicyclic) bond motifs is 2. The molecule has 4 unspecified atom stereocenters. The van der Waals surface area contributed by atoms with Crippen molar-refractivity contribution < 1.29 is 0 Å². The van der Waals surface area contributed by atoms with Crippen molar-refractivity contribution in [3.05, 3.63) is 16.6 Å². The maximum atomic E-state index is 4.37. The summed E-state index contributed by atoms with van der Waals surface area (Å²) in [7, 11) is 0. The van der Waals surface area contributed by atoms with Gasteiger partial charge in [0.25, 0.3) is 0 Å². The summed E-state index contributed by atoms with van der Waals surface area (Å²) >= 11 is 1.76. The Morgan fingerprint density at radius 3 is 3.06 bits per heavy atom. The van der Waals surface area contributed by atoms with Crippen LogP contribution in [0.4, 0.5) is 0 Å². The molecule has 2 saturated carbocycles. The van der Waals surface area contributed by atoms with E-state index >= 15 is 0 Å². The molecule has 1 heterocycles. The molecule has 0 spiro atoms. The van der Waals surface area contributed by atoms with E-state index in [4.69, 9.17) is 0 Å². The van der Waals surface area contributed by atoms with Gasteiger partial charge in [-0.2, -0.15) is 0 Å². The van der Waals surface area contributed by atoms with Crippen LogP contribution in [0.25, 0.3) is 0 Å². The van der Waals surface area contributed by atoms with Crippen molar-refractivity contribution in [2.24, 2.45) is 17.8 Å². The largest absolute Gasteiger partial charge is 0.308 e. The van der Waals surface area contributed by atoms with Crippen LogP contribution in [-0.4, -0.2) is 11.5 Å². The minimum Gasteiger partial charge on any atom is -0.308 e. The zero-order valence-corrected chi connectivity index (χ0v) is 10.7. The van der Waals surface area contributed by atoms with Crippen molar-refractivity contribution in [3.8, 4) is 0 Å². The van der Waals surface area contributed by atoms with E-state index in [1.165, 1.54) is 37.2 Å². The van der Waals surface area contributed by atoms with Crippen LogP contribution in [0.5, 0.6) is 0 Å². The molecule has 0 aromatic carbocycles. The van der Waals surface area contributed by atoms with E-state index in [1.807, 2.05) is 6.20 Å². The molecule has 3 heteroatoms. The predicted molar refractivity (Wildman–Crippen MR) is 67.5 cm³/mol. The van der Waals surface area contributed by atoms with E-state index in [0.717, 1.165) is 17.8 Å². The van der Waals surface area contributed by atoms with Gasteiger partial charge in [0, 0.05) is 11.6 Å². The summed E-state index contributed by atoms with van der Waals surface area (Å²) in [6.45, 7) is 3.42. The first-order valence-corrected chi connectivity index (χ1v) is 7.33. The van der Waals surface area contributed by atoms with Gasteiger partial charge in [-0.25, -0.2) is 4.98 Å². The second kappa shape index (κ2) is 4.46. The molecule has 0 amide bonds. The summed E-state index contributed by atoms with van der Waals surface area (Å²) in [6, 6.07) is 0.430. The van der Waals surface area contributed by atoms with Gasteiger partial charge in [0.2, 0.25) is 0 Å². The van der Waals surface area contributed by atoms with Gasteiger partial charge in [0.05, 0.1) is 6.04 Å². The molecule has 1 N–H and O–H groups in total. The number of hydrogen-bond acceptors (Lipinski definition) is 3. The fourth-order valence-electron chi connectivity index (χ4n) is 3.49. The Labute approximate surface area is 101 Å². The zero-order chi connectivity index (χ0) is 11.0. The lowest BCUT2D eigenvalue weighted by molar-refractivity contribution is 0.309. The molecule has 2 aliphatic carbocycles. The standard InChI is InChI=1S/C13H20N2S/c1-9(13-14-4-5-16-13)15-8-12-7-10-2-3-11(12)6-10/h4-5,9-12,15H,2-3,6-8H2,1H3. The zero-order valence-electron chi connectivity index (χ0n) is 9.86. The number of nitrogens with one attached hydrogen (secondary N) is 1. The molecule has 2 nitrogen and oxygen atoms in total. The SMILES string of the molecule is CC(NCC1CC2CCC1C2)c1nccs1. The van der Waals surface area contributed by atoms with E-state index in [2.05, 4.69) is 22.6 Å². The Hall–Kier alpha value is -0.410. The molecule has 2 fully saturated rings. The second-order valence-corrected chi connectivity index (χ2v) is 6.36. The number of hydrogen-bond donors (Lipinski definition) is 1. The molecule has 16 heavy (non-hydrogen) atoms. The highest BCUT2D eigenvalue weighted by Gasteiger charge is 2.39. The molecule has 0 radical (unpaired) electrons. The molecule has 0 aliphatic heterocycles. The third kappa shape index (κ3) is 2.03. The van der Waals surface area contributed by atoms with Crippen molar-refractivity contribution in [2.45, 2.75) is 38.6 Å². The molecule has 88 valence electrons. The van der Waals surface area contributed by atoms with Crippen LogP contribution in [0.15, 0.2) is 11.6 Å². The van der Waals surface area contributed by atoms with Gasteiger partial charge in [-0.3, -0.25) is 0 Å². The monoisotopic (exact) mass is 236 g/mol. The summed E-state index contributed by atoms with van der Waals surface area (Å²) in [4.78, 5) is 4.37. The van der Waals surface area contributed by atoms with Crippen molar-refractivity contribution in [1.82, 2.24) is 10.3 Å². The minimum absolute atomic E-state index is 0.430. The Balaban J connectivity index is 1.50. The summed E-state index contributed by atoms with van der Waals surface area (Å²) in [6.07, 6.45) is 7.88. The average molecular weight is 236 g/mol. The van der Waals surface area contributed by atoms with E-state index in [1.54, 1.807) is 11.3 Å². The van der Waals surface area contributed by atoms with Gasteiger partial charge in [-0.05, 0) is 50.5 Å². The molecule has 2 aliphatic rings. The Kier molecular flexibility index (Phi) is 2.99. The summed E-state index contributed by atoms with van der Waals surface area (Å²) in [5.74, 6) is 3.04. The summed E-state index contributed by atoms with van der Waals surface area (Å²) in [5.41, 5.74) is 0. The average Bonchev–Trinajstić information content (AvgIpc) is 3.01. The van der Waals surface area contributed by atoms with E-state index in [-0.39, 0.29) is 0 Å². The van der Waals surface area contributed by atoms with Crippen LogP contribution in [0.1, 0.15) is 43.7 Å². The lowest BCUT2D eigenvalue weighted by Gasteiger charge is -2.23. The molecular formula is C13H20N2S. The van der Waals surface area contributed by atoms with Crippen LogP contribution in [0, 0.1) is 17.8 Å². The van der Waals surface area contributed by atoms with Crippen molar-refractivity contribution >= 4 is 11.3 Å². The van der Waals surface area contributed by atoms with Crippen LogP contribution in [-0.2, 0) is 0 Å². The lowest BCUT2D eigenvalue weighted by atomic mass is 9.89. The second-order valence-electron chi connectivity index (χ2n) is 5.44. The molecular weight excluding hydrogens is 216 g/mol. The van der Waals surface area contributed by atoms with Gasteiger partial charge < -0.3 is 5.32 Å². The third-order valence-corrected chi connectivity index (χ3v) is 5.35. The smallest absolute Gasteiger partial charge is 0.109 e. The predicted octanol–water partition coefficient (Wildman–Crippen LogP) is 3.23. The highest BCUT2D eigenvalue weighted by Crippen LogP contribution is 2.48. The highest BCUT2D eigenvalue weighted by atomic mass is 32.1. The maximum Gasteiger partial charge on any atom is 0.109 e. The van der Waals surface area contributed by atoms with Crippen LogP contribution >= 0.6 is 11.3 Å². The normalized spacial score (nSPS) is 34.4. The number of thiazole rings is 1. The summed E-state index contributed by atoms with van der Waals surface area (Å²) < 4.78 is 0. The van der Waals surface area contributed by atoms with Crippen molar-refractivity contribution in [1.29, 1.82) is 0 Å². The van der Waals surface area contributed by atoms with Gasteiger partial charge in [-0.15, -0.1) is 11.3 Å². The lowest BCUT2D eigenvalue weighted by Crippen LogP contribution is -2.28. The van der Waals surface area contributed by atoms with Gasteiger partial charge in [0.15, 0.2) is 0 Å². The van der Waals surface area contributed by atoms with Crippen LogP contribution in [0.3, 0.4) is 0 Å².